The molecule has 1 fully saturated rings. The van der Waals surface area contributed by atoms with E-state index in [9.17, 15) is 5.11 Å². The van der Waals surface area contributed by atoms with Gasteiger partial charge < -0.3 is 19.9 Å². The van der Waals surface area contributed by atoms with Gasteiger partial charge in [0.15, 0.2) is 17.0 Å². The summed E-state index contributed by atoms with van der Waals surface area (Å²) in [4.78, 5) is 16.8. The van der Waals surface area contributed by atoms with Gasteiger partial charge in [-0.1, -0.05) is 36.8 Å². The molecule has 1 atom stereocenters. The van der Waals surface area contributed by atoms with Gasteiger partial charge in [-0.15, -0.1) is 0 Å². The quantitative estimate of drug-likeness (QED) is 0.594. The average Bonchev–Trinajstić information content (AvgIpc) is 3.12. The maximum Gasteiger partial charge on any atom is 0.166 e. The number of anilines is 1. The van der Waals surface area contributed by atoms with Gasteiger partial charge in [-0.05, 0) is 39.7 Å². The molecule has 7 heteroatoms. The number of aryl methyl sites for hydroxylation is 2. The second kappa shape index (κ2) is 9.53. The van der Waals surface area contributed by atoms with Crippen molar-refractivity contribution in [3.63, 3.8) is 0 Å². The number of benzene rings is 1. The van der Waals surface area contributed by atoms with Crippen molar-refractivity contribution in [2.24, 2.45) is 0 Å². The van der Waals surface area contributed by atoms with Crippen LogP contribution < -0.4 is 5.32 Å². The van der Waals surface area contributed by atoms with Crippen molar-refractivity contribution >= 4 is 17.0 Å². The number of fused-ring (bicyclic) bond motifs is 1. The first-order chi connectivity index (χ1) is 14.7. The largest absolute Gasteiger partial charge is 0.395 e. The summed E-state index contributed by atoms with van der Waals surface area (Å²) in [5, 5.41) is 12.4. The highest BCUT2D eigenvalue weighted by Crippen LogP contribution is 2.28. The second-order valence-corrected chi connectivity index (χ2v) is 8.13. The molecule has 160 valence electrons. The van der Waals surface area contributed by atoms with Gasteiger partial charge in [0.1, 0.15) is 11.6 Å². The zero-order valence-electron chi connectivity index (χ0n) is 18.0. The van der Waals surface area contributed by atoms with Crippen LogP contribution in [0.5, 0.6) is 0 Å². The second-order valence-electron chi connectivity index (χ2n) is 8.13. The third-order valence-corrected chi connectivity index (χ3v) is 5.91. The van der Waals surface area contributed by atoms with Gasteiger partial charge in [-0.25, -0.2) is 15.0 Å². The minimum Gasteiger partial charge on any atom is -0.395 e. The number of nitrogens with one attached hydrogen (secondary N) is 1. The van der Waals surface area contributed by atoms with Crippen LogP contribution in [0.3, 0.4) is 0 Å². The van der Waals surface area contributed by atoms with E-state index in [1.807, 2.05) is 25.1 Å². The van der Waals surface area contributed by atoms with Crippen LogP contribution in [0.25, 0.3) is 22.6 Å². The van der Waals surface area contributed by atoms with Crippen LogP contribution in [0.1, 0.15) is 38.4 Å². The van der Waals surface area contributed by atoms with Crippen molar-refractivity contribution < 1.29 is 5.11 Å². The summed E-state index contributed by atoms with van der Waals surface area (Å²) in [6.45, 7) is 7.88. The molecule has 0 saturated carbocycles. The fraction of sp³-hybridized carbons (Fsp3) is 0.522. The summed E-state index contributed by atoms with van der Waals surface area (Å²) in [6.07, 6.45) is 5.01. The van der Waals surface area contributed by atoms with Crippen molar-refractivity contribution in [3.05, 3.63) is 36.2 Å². The number of aliphatic hydroxyl groups excluding tert-OH is 1. The number of piperidine rings is 1. The number of nitrogens with zero attached hydrogens (tertiary/aromatic N) is 5. The Morgan fingerprint density at radius 1 is 1.10 bits per heavy atom. The van der Waals surface area contributed by atoms with Crippen LogP contribution in [0.2, 0.25) is 0 Å². The van der Waals surface area contributed by atoms with E-state index >= 15 is 0 Å². The molecule has 4 rings (SSSR count). The molecule has 1 unspecified atom stereocenters. The van der Waals surface area contributed by atoms with E-state index in [1.54, 1.807) is 0 Å². The van der Waals surface area contributed by atoms with E-state index in [2.05, 4.69) is 38.8 Å². The zero-order valence-corrected chi connectivity index (χ0v) is 18.0. The van der Waals surface area contributed by atoms with Crippen LogP contribution in [0.4, 0.5) is 5.82 Å². The summed E-state index contributed by atoms with van der Waals surface area (Å²) in [5.74, 6) is 2.31. The molecule has 1 aromatic carbocycles. The average molecular weight is 409 g/mol. The van der Waals surface area contributed by atoms with Gasteiger partial charge in [-0.3, -0.25) is 0 Å². The maximum atomic E-state index is 9.23. The van der Waals surface area contributed by atoms with Gasteiger partial charge >= 0.3 is 0 Å². The van der Waals surface area contributed by atoms with Gasteiger partial charge in [0, 0.05) is 31.2 Å². The van der Waals surface area contributed by atoms with E-state index in [-0.39, 0.29) is 6.61 Å². The monoisotopic (exact) mass is 408 g/mol. The molecule has 3 aromatic rings. The van der Waals surface area contributed by atoms with E-state index in [0.717, 1.165) is 42.1 Å². The van der Waals surface area contributed by atoms with Crippen molar-refractivity contribution in [3.8, 4) is 11.4 Å². The summed E-state index contributed by atoms with van der Waals surface area (Å²) in [7, 11) is 0. The standard InChI is InChI=1S/C23H32N6O/c1-17-9-6-7-13-28(17)14-8-15-29-22(19-10-4-3-5-11-19)27-20-21(24-12-16-30)25-18(2)26-23(20)29/h3-5,10-11,17,30H,6-9,12-16H2,1-2H3,(H,24,25,26). The Labute approximate surface area is 178 Å². The van der Waals surface area contributed by atoms with Crippen molar-refractivity contribution in [1.82, 2.24) is 24.4 Å². The molecule has 7 nitrogen and oxygen atoms in total. The normalized spacial score (nSPS) is 17.5. The number of aromatic nitrogens is 4. The summed E-state index contributed by atoms with van der Waals surface area (Å²) < 4.78 is 2.23. The molecule has 2 aromatic heterocycles. The number of hydrogen-bond acceptors (Lipinski definition) is 6. The van der Waals surface area contributed by atoms with Gasteiger partial charge in [0.05, 0.1) is 6.61 Å². The number of rotatable bonds is 8. The summed E-state index contributed by atoms with van der Waals surface area (Å²) >= 11 is 0. The zero-order chi connectivity index (χ0) is 20.9. The molecule has 2 N–H and O–H groups in total. The first kappa shape index (κ1) is 20.8. The lowest BCUT2D eigenvalue weighted by Gasteiger charge is -2.33. The van der Waals surface area contributed by atoms with Gasteiger partial charge in [0.2, 0.25) is 0 Å². The fourth-order valence-electron chi connectivity index (χ4n) is 4.35. The first-order valence-electron chi connectivity index (χ1n) is 11.1. The lowest BCUT2D eigenvalue weighted by molar-refractivity contribution is 0.157. The topological polar surface area (TPSA) is 79.1 Å². The molecular weight excluding hydrogens is 376 g/mol. The molecule has 30 heavy (non-hydrogen) atoms. The van der Waals surface area contributed by atoms with E-state index in [1.165, 1.54) is 25.8 Å². The van der Waals surface area contributed by atoms with Crippen LogP contribution in [0, 0.1) is 6.92 Å². The molecule has 0 spiro atoms. The molecular formula is C23H32N6O. The Morgan fingerprint density at radius 2 is 1.93 bits per heavy atom. The Morgan fingerprint density at radius 3 is 2.70 bits per heavy atom. The van der Waals surface area contributed by atoms with Crippen LogP contribution >= 0.6 is 0 Å². The SMILES string of the molecule is Cc1nc(NCCO)c2nc(-c3ccccc3)n(CCCN3CCCCC3C)c2n1. The Kier molecular flexibility index (Phi) is 6.59. The van der Waals surface area contributed by atoms with E-state index in [4.69, 9.17) is 9.97 Å². The van der Waals surface area contributed by atoms with Gasteiger partial charge in [-0.2, -0.15) is 0 Å². The van der Waals surface area contributed by atoms with Crippen LogP contribution in [-0.2, 0) is 6.54 Å². The lowest BCUT2D eigenvalue weighted by atomic mass is 10.0. The molecule has 3 heterocycles. The summed E-state index contributed by atoms with van der Waals surface area (Å²) in [5.41, 5.74) is 2.69. The van der Waals surface area contributed by atoms with Crippen molar-refractivity contribution in [2.45, 2.75) is 52.1 Å². The predicted molar refractivity (Wildman–Crippen MR) is 121 cm³/mol. The minimum atomic E-state index is 0.0464. The lowest BCUT2D eigenvalue weighted by Crippen LogP contribution is -2.38. The molecule has 0 bridgehead atoms. The Hall–Kier alpha value is -2.51. The Bertz CT molecular complexity index is 971. The fourth-order valence-corrected chi connectivity index (χ4v) is 4.35. The highest BCUT2D eigenvalue weighted by Gasteiger charge is 2.20. The molecule has 1 aliphatic heterocycles. The first-order valence-corrected chi connectivity index (χ1v) is 11.1. The van der Waals surface area contributed by atoms with Crippen LogP contribution in [0.15, 0.2) is 30.3 Å². The van der Waals surface area contributed by atoms with Crippen LogP contribution in [-0.4, -0.2) is 61.8 Å². The number of aliphatic hydroxyl groups is 1. The highest BCUT2D eigenvalue weighted by atomic mass is 16.3. The number of imidazole rings is 1. The molecule has 0 amide bonds. The van der Waals surface area contributed by atoms with E-state index in [0.29, 0.717) is 24.2 Å². The molecule has 1 aliphatic rings. The molecule has 1 saturated heterocycles. The number of likely N-dealkylation sites (tertiary alicyclic amines) is 1. The number of hydrogen-bond donors (Lipinski definition) is 2. The third-order valence-electron chi connectivity index (χ3n) is 5.91. The predicted octanol–water partition coefficient (Wildman–Crippen LogP) is 3.47. The minimum absolute atomic E-state index is 0.0464. The third kappa shape index (κ3) is 4.47. The smallest absolute Gasteiger partial charge is 0.166 e. The highest BCUT2D eigenvalue weighted by molar-refractivity contribution is 5.86. The van der Waals surface area contributed by atoms with Gasteiger partial charge in [0.25, 0.3) is 0 Å². The molecule has 0 aliphatic carbocycles. The maximum absolute atomic E-state index is 9.23. The Balaban J connectivity index is 1.67. The molecule has 0 radical (unpaired) electrons. The summed E-state index contributed by atoms with van der Waals surface area (Å²) in [6, 6.07) is 10.9. The van der Waals surface area contributed by atoms with E-state index < -0.39 is 0 Å². The van der Waals surface area contributed by atoms with Crippen molar-refractivity contribution in [1.29, 1.82) is 0 Å². The van der Waals surface area contributed by atoms with Crippen molar-refractivity contribution in [2.75, 3.05) is 31.6 Å².